The zero-order chi connectivity index (χ0) is 17.4. The second-order valence-corrected chi connectivity index (χ2v) is 4.91. The Morgan fingerprint density at radius 2 is 1.67 bits per heavy atom. The van der Waals surface area contributed by atoms with Crippen molar-refractivity contribution in [3.8, 4) is 0 Å². The molecular formula is C16H17N2NaO4S. The second kappa shape index (κ2) is 11.0. The fourth-order valence-electron chi connectivity index (χ4n) is 1.59. The second-order valence-electron chi connectivity index (χ2n) is 4.67. The molecule has 0 unspecified atom stereocenters. The van der Waals surface area contributed by atoms with E-state index in [4.69, 9.17) is 12.6 Å². The zero-order valence-electron chi connectivity index (χ0n) is 14.0. The van der Waals surface area contributed by atoms with Crippen LogP contribution in [0.4, 0.5) is 0 Å². The monoisotopic (exact) mass is 356 g/mol. The number of nitrogens with one attached hydrogen (secondary N) is 2. The molecule has 0 spiro atoms. The van der Waals surface area contributed by atoms with Crippen molar-refractivity contribution in [3.63, 3.8) is 0 Å². The molecule has 0 aliphatic carbocycles. The molecule has 0 aromatic heterocycles. The first kappa shape index (κ1) is 22.3. The molecule has 0 heterocycles. The topological polar surface area (TPSA) is 84.5 Å². The Morgan fingerprint density at radius 3 is 2.12 bits per heavy atom. The van der Waals surface area contributed by atoms with Crippen molar-refractivity contribution in [2.45, 2.75) is 13.8 Å². The van der Waals surface area contributed by atoms with Gasteiger partial charge in [-0.1, -0.05) is 18.2 Å². The molecule has 2 amide bonds. The van der Waals surface area contributed by atoms with E-state index in [2.05, 4.69) is 15.4 Å². The molecule has 1 aromatic carbocycles. The van der Waals surface area contributed by atoms with Gasteiger partial charge in [0.15, 0.2) is 0 Å². The minimum absolute atomic E-state index is 0. The van der Waals surface area contributed by atoms with Crippen LogP contribution in [0.5, 0.6) is 0 Å². The van der Waals surface area contributed by atoms with Crippen molar-refractivity contribution in [3.05, 3.63) is 58.3 Å². The molecule has 1 aromatic rings. The van der Waals surface area contributed by atoms with Gasteiger partial charge in [-0.3, -0.25) is 9.59 Å². The summed E-state index contributed by atoms with van der Waals surface area (Å²) in [5, 5.41) is 5.84. The first-order valence-corrected chi connectivity index (χ1v) is 7.13. The summed E-state index contributed by atoms with van der Waals surface area (Å²) in [6, 6.07) is 8.37. The Kier molecular flexibility index (Phi) is 10.2. The molecule has 0 aliphatic heterocycles. The maximum Gasteiger partial charge on any atom is 1.00 e. The predicted octanol–water partition coefficient (Wildman–Crippen LogP) is -1.61. The third-order valence-corrected chi connectivity index (χ3v) is 3.01. The van der Waals surface area contributed by atoms with Gasteiger partial charge < -0.3 is 28.0 Å². The van der Waals surface area contributed by atoms with Crippen LogP contribution < -0.4 is 40.2 Å². The molecule has 0 fully saturated rings. The summed E-state index contributed by atoms with van der Waals surface area (Å²) < 4.78 is 4.59. The molecule has 0 bridgehead atoms. The quantitative estimate of drug-likeness (QED) is 0.287. The fourth-order valence-corrected chi connectivity index (χ4v) is 1.75. The van der Waals surface area contributed by atoms with Crippen molar-refractivity contribution in [1.82, 2.24) is 10.6 Å². The van der Waals surface area contributed by atoms with Gasteiger partial charge in [0, 0.05) is 5.56 Å². The van der Waals surface area contributed by atoms with Crippen molar-refractivity contribution in [2.24, 2.45) is 0 Å². The van der Waals surface area contributed by atoms with E-state index >= 15 is 0 Å². The number of allylic oxidation sites excluding steroid dienone is 1. The van der Waals surface area contributed by atoms with E-state index in [-0.39, 0.29) is 41.0 Å². The molecule has 0 saturated carbocycles. The van der Waals surface area contributed by atoms with Crippen LogP contribution in [-0.4, -0.2) is 24.9 Å². The number of hydrogen-bond donors (Lipinski definition) is 2. The van der Waals surface area contributed by atoms with E-state index in [9.17, 15) is 14.4 Å². The molecule has 6 nitrogen and oxygen atoms in total. The normalized spacial score (nSPS) is 10.0. The first-order valence-electron chi connectivity index (χ1n) is 6.66. The van der Waals surface area contributed by atoms with E-state index in [1.807, 2.05) is 0 Å². The number of ether oxygens (including phenoxy) is 1. The van der Waals surface area contributed by atoms with Crippen LogP contribution in [0, 0.1) is 0 Å². The van der Waals surface area contributed by atoms with Gasteiger partial charge in [-0.15, -0.1) is 0 Å². The van der Waals surface area contributed by atoms with Crippen LogP contribution in [0.15, 0.2) is 52.7 Å². The van der Waals surface area contributed by atoms with Gasteiger partial charge in [-0.25, -0.2) is 4.79 Å². The molecule has 1 rings (SSSR count). The van der Waals surface area contributed by atoms with Crippen molar-refractivity contribution >= 4 is 30.4 Å². The zero-order valence-corrected chi connectivity index (χ0v) is 16.8. The number of benzene rings is 1. The van der Waals surface area contributed by atoms with Crippen molar-refractivity contribution in [2.75, 3.05) is 7.11 Å². The SMILES string of the molecule is COC(=O)C(NC(=O)/C(=C\[S-])NC(=O)c1ccccc1)=C(C)C.[Na+]. The molecule has 8 heteroatoms. The number of rotatable bonds is 5. The summed E-state index contributed by atoms with van der Waals surface area (Å²) in [4.78, 5) is 35.8. The van der Waals surface area contributed by atoms with Crippen LogP contribution in [-0.2, 0) is 27.0 Å². The summed E-state index contributed by atoms with van der Waals surface area (Å²) >= 11 is 4.76. The third kappa shape index (κ3) is 6.45. The van der Waals surface area contributed by atoms with Crippen LogP contribution >= 0.6 is 0 Å². The molecule has 122 valence electrons. The number of methoxy groups -OCH3 is 1. The fraction of sp³-hybridized carbons (Fsp3) is 0.188. The Morgan fingerprint density at radius 1 is 1.08 bits per heavy atom. The van der Waals surface area contributed by atoms with Gasteiger partial charge in [-0.05, 0) is 31.6 Å². The summed E-state index contributed by atoms with van der Waals surface area (Å²) in [6.07, 6.45) is 0. The molecular weight excluding hydrogens is 339 g/mol. The summed E-state index contributed by atoms with van der Waals surface area (Å²) in [6.45, 7) is 3.29. The molecule has 24 heavy (non-hydrogen) atoms. The minimum Gasteiger partial charge on any atom is -0.785 e. The first-order chi connectivity index (χ1) is 10.9. The Hall–Kier alpha value is -1.67. The van der Waals surface area contributed by atoms with Gasteiger partial charge in [0.1, 0.15) is 5.70 Å². The number of esters is 1. The van der Waals surface area contributed by atoms with E-state index in [1.54, 1.807) is 44.2 Å². The maximum atomic E-state index is 12.2. The van der Waals surface area contributed by atoms with Crippen molar-refractivity contribution in [1.29, 1.82) is 0 Å². The summed E-state index contributed by atoms with van der Waals surface area (Å²) in [5.74, 6) is -1.86. The third-order valence-electron chi connectivity index (χ3n) is 2.77. The van der Waals surface area contributed by atoms with Gasteiger partial charge in [0.05, 0.1) is 12.8 Å². The van der Waals surface area contributed by atoms with E-state index < -0.39 is 17.8 Å². The average molecular weight is 356 g/mol. The number of hydrogen-bond acceptors (Lipinski definition) is 5. The average Bonchev–Trinajstić information content (AvgIpc) is 2.56. The summed E-state index contributed by atoms with van der Waals surface area (Å²) in [7, 11) is 1.21. The number of carbonyl (C=O) groups excluding carboxylic acids is 3. The summed E-state index contributed by atoms with van der Waals surface area (Å²) in [5.41, 5.74) is 0.797. The number of carbonyl (C=O) groups is 3. The van der Waals surface area contributed by atoms with E-state index in [0.29, 0.717) is 11.1 Å². The van der Waals surface area contributed by atoms with Gasteiger partial charge in [-0.2, -0.15) is 5.41 Å². The van der Waals surface area contributed by atoms with Crippen molar-refractivity contribution < 1.29 is 48.7 Å². The van der Waals surface area contributed by atoms with E-state index in [1.165, 1.54) is 7.11 Å². The smallest absolute Gasteiger partial charge is 0.785 e. The van der Waals surface area contributed by atoms with E-state index in [0.717, 1.165) is 5.41 Å². The predicted molar refractivity (Wildman–Crippen MR) is 87.9 cm³/mol. The van der Waals surface area contributed by atoms with Crippen LogP contribution in [0.3, 0.4) is 0 Å². The Balaban J connectivity index is 0.00000529. The standard InChI is InChI=1S/C16H18N2O4S.Na/c1-10(2)13(16(21)22-3)18-15(20)12(9-23)17-14(19)11-7-5-4-6-8-11;/h4-9,23H,1-3H3,(H,17,19)(H,18,20);/q;+1/p-1/b12-9+;. The molecule has 0 aliphatic rings. The van der Waals surface area contributed by atoms with Gasteiger partial charge >= 0.3 is 35.5 Å². The van der Waals surface area contributed by atoms with Crippen LogP contribution in [0.1, 0.15) is 24.2 Å². The molecule has 2 N–H and O–H groups in total. The van der Waals surface area contributed by atoms with Gasteiger partial charge in [0.25, 0.3) is 11.8 Å². The number of amides is 2. The Labute approximate surface area is 168 Å². The maximum absolute atomic E-state index is 12.2. The molecule has 0 radical (unpaired) electrons. The van der Waals surface area contributed by atoms with Crippen LogP contribution in [0.2, 0.25) is 0 Å². The molecule has 0 atom stereocenters. The van der Waals surface area contributed by atoms with Gasteiger partial charge in [0.2, 0.25) is 0 Å². The Bertz CT molecular complexity index is 668. The molecule has 0 saturated heterocycles. The minimum atomic E-state index is -0.703. The largest absolute Gasteiger partial charge is 1.00 e. The van der Waals surface area contributed by atoms with Crippen LogP contribution in [0.25, 0.3) is 0 Å².